The van der Waals surface area contributed by atoms with Crippen molar-refractivity contribution in [3.63, 3.8) is 0 Å². The first-order valence-electron chi connectivity index (χ1n) is 10.1. The molecule has 0 aliphatic carbocycles. The average Bonchev–Trinajstić information content (AvgIpc) is 3.16. The van der Waals surface area contributed by atoms with Crippen LogP contribution in [0.3, 0.4) is 0 Å². The Morgan fingerprint density at radius 1 is 1.24 bits per heavy atom. The summed E-state index contributed by atoms with van der Waals surface area (Å²) in [6.45, 7) is 11.0. The fraction of sp³-hybridized carbons (Fsp3) is 0.947. The molecule has 6 heteroatoms. The number of fused-ring (bicyclic) bond motifs is 2. The summed E-state index contributed by atoms with van der Waals surface area (Å²) in [4.78, 5) is 7.59. The molecule has 0 radical (unpaired) electrons. The van der Waals surface area contributed by atoms with Crippen molar-refractivity contribution in [1.29, 1.82) is 0 Å². The minimum absolute atomic E-state index is 0. The quantitative estimate of drug-likeness (QED) is 0.361. The standard InChI is InChI=1S/C19H36N4O.HI/c1-4-20-19(22-17-11-16-8-9-18(17)24-16)21-12-15-7-5-6-10-23(15)13-14(2)3;/h14-18H,4-13H2,1-3H3,(H2,20,21,22);1H. The molecule has 0 saturated carbocycles. The second kappa shape index (κ2) is 10.3. The topological polar surface area (TPSA) is 48.9 Å². The first kappa shape index (κ1) is 21.2. The van der Waals surface area contributed by atoms with Crippen molar-refractivity contribution in [2.45, 2.75) is 83.6 Å². The van der Waals surface area contributed by atoms with E-state index in [0.717, 1.165) is 31.4 Å². The van der Waals surface area contributed by atoms with Crippen molar-refractivity contribution in [3.8, 4) is 0 Å². The molecule has 3 rings (SSSR count). The van der Waals surface area contributed by atoms with Gasteiger partial charge in [-0.15, -0.1) is 24.0 Å². The van der Waals surface area contributed by atoms with Gasteiger partial charge in [0.1, 0.15) is 0 Å². The molecular formula is C19H37IN4O. The van der Waals surface area contributed by atoms with E-state index in [0.29, 0.717) is 24.3 Å². The number of nitrogens with zero attached hydrogens (tertiary/aromatic N) is 2. The highest BCUT2D eigenvalue weighted by Gasteiger charge is 2.41. The number of halogens is 1. The van der Waals surface area contributed by atoms with Gasteiger partial charge in [0, 0.05) is 19.1 Å². The van der Waals surface area contributed by atoms with Crippen LogP contribution in [0.15, 0.2) is 4.99 Å². The van der Waals surface area contributed by atoms with E-state index in [4.69, 9.17) is 9.73 Å². The Labute approximate surface area is 170 Å². The van der Waals surface area contributed by atoms with Gasteiger partial charge in [0.15, 0.2) is 5.96 Å². The van der Waals surface area contributed by atoms with Crippen LogP contribution in [-0.2, 0) is 4.74 Å². The van der Waals surface area contributed by atoms with Crippen LogP contribution in [0.4, 0.5) is 0 Å². The van der Waals surface area contributed by atoms with Gasteiger partial charge in [0.25, 0.3) is 0 Å². The molecule has 0 aromatic rings. The maximum absolute atomic E-state index is 5.97. The third-order valence-electron chi connectivity index (χ3n) is 5.58. The minimum Gasteiger partial charge on any atom is -0.373 e. The number of hydrogen-bond donors (Lipinski definition) is 2. The van der Waals surface area contributed by atoms with E-state index in [2.05, 4.69) is 36.3 Å². The Bertz CT molecular complexity index is 432. The predicted molar refractivity (Wildman–Crippen MR) is 115 cm³/mol. The molecule has 3 fully saturated rings. The molecule has 3 saturated heterocycles. The molecule has 25 heavy (non-hydrogen) atoms. The molecule has 0 amide bonds. The summed E-state index contributed by atoms with van der Waals surface area (Å²) in [5.74, 6) is 1.71. The number of piperidine rings is 1. The summed E-state index contributed by atoms with van der Waals surface area (Å²) in [5, 5.41) is 7.07. The smallest absolute Gasteiger partial charge is 0.191 e. The normalized spacial score (nSPS) is 32.7. The van der Waals surface area contributed by atoms with Gasteiger partial charge >= 0.3 is 0 Å². The van der Waals surface area contributed by atoms with Gasteiger partial charge in [-0.2, -0.15) is 0 Å². The average molecular weight is 464 g/mol. The van der Waals surface area contributed by atoms with Crippen molar-refractivity contribution in [2.24, 2.45) is 10.9 Å². The third kappa shape index (κ3) is 5.96. The van der Waals surface area contributed by atoms with Crippen molar-refractivity contribution in [1.82, 2.24) is 15.5 Å². The van der Waals surface area contributed by atoms with Crippen molar-refractivity contribution in [3.05, 3.63) is 0 Å². The number of rotatable bonds is 6. The first-order chi connectivity index (χ1) is 11.7. The second-order valence-corrected chi connectivity index (χ2v) is 8.12. The molecule has 4 atom stereocenters. The van der Waals surface area contributed by atoms with Gasteiger partial charge in [0.05, 0.1) is 24.8 Å². The summed E-state index contributed by atoms with van der Waals surface area (Å²) in [7, 11) is 0. The Balaban J connectivity index is 0.00000225. The van der Waals surface area contributed by atoms with Crippen LogP contribution >= 0.6 is 24.0 Å². The molecule has 0 aromatic heterocycles. The predicted octanol–water partition coefficient (Wildman–Crippen LogP) is 2.99. The van der Waals surface area contributed by atoms with Gasteiger partial charge in [-0.05, 0) is 51.5 Å². The van der Waals surface area contributed by atoms with Crippen LogP contribution < -0.4 is 10.6 Å². The highest BCUT2D eigenvalue weighted by Crippen LogP contribution is 2.34. The van der Waals surface area contributed by atoms with Crippen LogP contribution in [0.5, 0.6) is 0 Å². The van der Waals surface area contributed by atoms with Gasteiger partial charge in [-0.25, -0.2) is 0 Å². The SMILES string of the molecule is CCNC(=NCC1CCCCN1CC(C)C)NC1CC2CCC1O2.I. The summed E-state index contributed by atoms with van der Waals surface area (Å²) >= 11 is 0. The van der Waals surface area contributed by atoms with Gasteiger partial charge in [0.2, 0.25) is 0 Å². The molecule has 3 heterocycles. The van der Waals surface area contributed by atoms with Crippen LogP contribution in [0.25, 0.3) is 0 Å². The zero-order valence-corrected chi connectivity index (χ0v) is 18.5. The lowest BCUT2D eigenvalue weighted by Crippen LogP contribution is -2.48. The summed E-state index contributed by atoms with van der Waals surface area (Å²) in [6.07, 6.45) is 8.42. The van der Waals surface area contributed by atoms with E-state index in [1.54, 1.807) is 0 Å². The number of nitrogens with one attached hydrogen (secondary N) is 2. The molecule has 3 aliphatic rings. The van der Waals surface area contributed by atoms with Crippen LogP contribution in [-0.4, -0.2) is 61.3 Å². The van der Waals surface area contributed by atoms with E-state index in [-0.39, 0.29) is 24.0 Å². The van der Waals surface area contributed by atoms with Gasteiger partial charge in [-0.3, -0.25) is 9.89 Å². The summed E-state index contributed by atoms with van der Waals surface area (Å²) in [5.41, 5.74) is 0. The van der Waals surface area contributed by atoms with Gasteiger partial charge in [-0.1, -0.05) is 20.3 Å². The van der Waals surface area contributed by atoms with Crippen LogP contribution in [0, 0.1) is 5.92 Å². The lowest BCUT2D eigenvalue weighted by molar-refractivity contribution is 0.0992. The number of ether oxygens (including phenoxy) is 1. The Hall–Kier alpha value is -0.0800. The van der Waals surface area contributed by atoms with Crippen molar-refractivity contribution >= 4 is 29.9 Å². The summed E-state index contributed by atoms with van der Waals surface area (Å²) in [6, 6.07) is 1.05. The zero-order valence-electron chi connectivity index (χ0n) is 16.2. The number of hydrogen-bond acceptors (Lipinski definition) is 3. The zero-order chi connectivity index (χ0) is 16.9. The second-order valence-electron chi connectivity index (χ2n) is 8.12. The maximum Gasteiger partial charge on any atom is 0.191 e. The lowest BCUT2D eigenvalue weighted by atomic mass is 9.96. The van der Waals surface area contributed by atoms with E-state index < -0.39 is 0 Å². The summed E-state index contributed by atoms with van der Waals surface area (Å²) < 4.78 is 5.97. The molecule has 0 spiro atoms. The third-order valence-corrected chi connectivity index (χ3v) is 5.58. The monoisotopic (exact) mass is 464 g/mol. The van der Waals surface area contributed by atoms with Crippen molar-refractivity contribution in [2.75, 3.05) is 26.2 Å². The minimum atomic E-state index is 0. The van der Waals surface area contributed by atoms with E-state index >= 15 is 0 Å². The largest absolute Gasteiger partial charge is 0.373 e. The fourth-order valence-electron chi connectivity index (χ4n) is 4.46. The van der Waals surface area contributed by atoms with Crippen LogP contribution in [0.2, 0.25) is 0 Å². The van der Waals surface area contributed by atoms with E-state index in [9.17, 15) is 0 Å². The first-order valence-corrected chi connectivity index (χ1v) is 10.1. The lowest BCUT2D eigenvalue weighted by Gasteiger charge is -2.36. The highest BCUT2D eigenvalue weighted by molar-refractivity contribution is 14.0. The molecular weight excluding hydrogens is 427 g/mol. The number of likely N-dealkylation sites (tertiary alicyclic amines) is 1. The van der Waals surface area contributed by atoms with E-state index in [1.165, 1.54) is 45.2 Å². The molecule has 0 aromatic carbocycles. The molecule has 2 N–H and O–H groups in total. The molecule has 5 nitrogen and oxygen atoms in total. The van der Waals surface area contributed by atoms with Gasteiger partial charge < -0.3 is 15.4 Å². The molecule has 146 valence electrons. The van der Waals surface area contributed by atoms with Crippen LogP contribution in [0.1, 0.15) is 59.3 Å². The molecule has 2 bridgehead atoms. The van der Waals surface area contributed by atoms with Crippen molar-refractivity contribution < 1.29 is 4.74 Å². The molecule has 3 aliphatic heterocycles. The number of aliphatic imine (C=N–C) groups is 1. The molecule has 4 unspecified atom stereocenters. The highest BCUT2D eigenvalue weighted by atomic mass is 127. The fourth-order valence-corrected chi connectivity index (χ4v) is 4.46. The maximum atomic E-state index is 5.97. The Kier molecular flexibility index (Phi) is 8.75. The van der Waals surface area contributed by atoms with E-state index in [1.807, 2.05) is 0 Å². The number of guanidine groups is 1. The Morgan fingerprint density at radius 3 is 2.72 bits per heavy atom. The Morgan fingerprint density at radius 2 is 2.08 bits per heavy atom.